The SMILES string of the molecule is CC1CCCC(C(Cc2ccc(F)c(Br)c2)NN)C1. The highest BCUT2D eigenvalue weighted by Gasteiger charge is 2.26. The minimum Gasteiger partial charge on any atom is -0.271 e. The molecule has 1 saturated carbocycles. The second-order valence-electron chi connectivity index (χ2n) is 5.76. The van der Waals surface area contributed by atoms with Crippen molar-refractivity contribution in [3.05, 3.63) is 34.1 Å². The van der Waals surface area contributed by atoms with Crippen molar-refractivity contribution in [1.82, 2.24) is 5.43 Å². The molecule has 4 heteroatoms. The number of nitrogens with one attached hydrogen (secondary N) is 1. The molecule has 3 N–H and O–H groups in total. The van der Waals surface area contributed by atoms with Crippen LogP contribution in [0.15, 0.2) is 22.7 Å². The van der Waals surface area contributed by atoms with E-state index in [0.29, 0.717) is 10.4 Å². The maximum atomic E-state index is 13.2. The van der Waals surface area contributed by atoms with Crippen LogP contribution in [0.3, 0.4) is 0 Å². The van der Waals surface area contributed by atoms with E-state index in [1.165, 1.54) is 31.7 Å². The van der Waals surface area contributed by atoms with Crippen LogP contribution in [0.4, 0.5) is 4.39 Å². The zero-order chi connectivity index (χ0) is 13.8. The fourth-order valence-electron chi connectivity index (χ4n) is 3.13. The third-order valence-corrected chi connectivity index (χ3v) is 4.81. The van der Waals surface area contributed by atoms with E-state index in [4.69, 9.17) is 5.84 Å². The number of hydrazine groups is 1. The fourth-order valence-corrected chi connectivity index (χ4v) is 3.55. The number of hydrogen-bond acceptors (Lipinski definition) is 2. The standard InChI is InChI=1S/C15H22BrFN2/c1-10-3-2-4-12(7-10)15(19-18)9-11-5-6-14(17)13(16)8-11/h5-6,8,10,12,15,19H,2-4,7,9,18H2,1H3. The summed E-state index contributed by atoms with van der Waals surface area (Å²) >= 11 is 3.24. The molecule has 3 atom stereocenters. The average molecular weight is 329 g/mol. The van der Waals surface area contributed by atoms with Crippen LogP contribution in [0.25, 0.3) is 0 Å². The highest BCUT2D eigenvalue weighted by molar-refractivity contribution is 9.10. The Kier molecular flexibility index (Phi) is 5.37. The van der Waals surface area contributed by atoms with E-state index < -0.39 is 0 Å². The lowest BCUT2D eigenvalue weighted by atomic mass is 9.77. The van der Waals surface area contributed by atoms with Crippen molar-refractivity contribution >= 4 is 15.9 Å². The Balaban J connectivity index is 2.03. The van der Waals surface area contributed by atoms with Gasteiger partial charge in [-0.2, -0.15) is 0 Å². The highest BCUT2D eigenvalue weighted by Crippen LogP contribution is 2.32. The van der Waals surface area contributed by atoms with Gasteiger partial charge in [-0.25, -0.2) is 4.39 Å². The molecular formula is C15H22BrFN2. The van der Waals surface area contributed by atoms with Crippen LogP contribution in [0.5, 0.6) is 0 Å². The molecule has 106 valence electrons. The summed E-state index contributed by atoms with van der Waals surface area (Å²) in [6.45, 7) is 2.31. The first-order valence-corrected chi connectivity index (χ1v) is 7.79. The van der Waals surface area contributed by atoms with Crippen molar-refractivity contribution in [2.24, 2.45) is 17.7 Å². The number of halogens is 2. The molecule has 2 rings (SSSR count). The van der Waals surface area contributed by atoms with Crippen LogP contribution >= 0.6 is 15.9 Å². The summed E-state index contributed by atoms with van der Waals surface area (Å²) in [4.78, 5) is 0. The highest BCUT2D eigenvalue weighted by atomic mass is 79.9. The minimum absolute atomic E-state index is 0.215. The quantitative estimate of drug-likeness (QED) is 0.651. The van der Waals surface area contributed by atoms with Crippen LogP contribution in [0.1, 0.15) is 38.2 Å². The summed E-state index contributed by atoms with van der Waals surface area (Å²) in [5, 5.41) is 0. The summed E-state index contributed by atoms with van der Waals surface area (Å²) in [7, 11) is 0. The van der Waals surface area contributed by atoms with Gasteiger partial charge in [0.2, 0.25) is 0 Å². The maximum absolute atomic E-state index is 13.2. The van der Waals surface area contributed by atoms with Gasteiger partial charge in [0.25, 0.3) is 0 Å². The topological polar surface area (TPSA) is 38.0 Å². The van der Waals surface area contributed by atoms with Crippen molar-refractivity contribution in [1.29, 1.82) is 0 Å². The molecular weight excluding hydrogens is 307 g/mol. The van der Waals surface area contributed by atoms with Crippen LogP contribution < -0.4 is 11.3 Å². The summed E-state index contributed by atoms with van der Waals surface area (Å²) in [5.74, 6) is 6.92. The van der Waals surface area contributed by atoms with Crippen LogP contribution in [0.2, 0.25) is 0 Å². The van der Waals surface area contributed by atoms with Gasteiger partial charge >= 0.3 is 0 Å². The summed E-state index contributed by atoms with van der Waals surface area (Å²) in [6, 6.07) is 5.49. The van der Waals surface area contributed by atoms with Gasteiger partial charge in [0.05, 0.1) is 4.47 Å². The zero-order valence-electron chi connectivity index (χ0n) is 11.3. The zero-order valence-corrected chi connectivity index (χ0v) is 12.9. The summed E-state index contributed by atoms with van der Waals surface area (Å²) in [5.41, 5.74) is 4.09. The molecule has 3 unspecified atom stereocenters. The Hall–Kier alpha value is -0.450. The number of benzene rings is 1. The molecule has 1 fully saturated rings. The lowest BCUT2D eigenvalue weighted by molar-refractivity contribution is 0.222. The third kappa shape index (κ3) is 4.01. The number of rotatable bonds is 4. The molecule has 0 saturated heterocycles. The molecule has 0 heterocycles. The van der Waals surface area contributed by atoms with E-state index in [0.717, 1.165) is 17.9 Å². The fraction of sp³-hybridized carbons (Fsp3) is 0.600. The molecule has 19 heavy (non-hydrogen) atoms. The Labute approximate surface area is 123 Å². The van der Waals surface area contributed by atoms with E-state index in [1.54, 1.807) is 0 Å². The van der Waals surface area contributed by atoms with Crippen LogP contribution in [0, 0.1) is 17.7 Å². The monoisotopic (exact) mass is 328 g/mol. The van der Waals surface area contributed by atoms with E-state index in [9.17, 15) is 4.39 Å². The first-order valence-electron chi connectivity index (χ1n) is 7.00. The third-order valence-electron chi connectivity index (χ3n) is 4.20. The van der Waals surface area contributed by atoms with Crippen molar-refractivity contribution in [2.75, 3.05) is 0 Å². The van der Waals surface area contributed by atoms with E-state index >= 15 is 0 Å². The Morgan fingerprint density at radius 2 is 2.26 bits per heavy atom. The Bertz CT molecular complexity index is 425. The smallest absolute Gasteiger partial charge is 0.137 e. The maximum Gasteiger partial charge on any atom is 0.137 e. The molecule has 2 nitrogen and oxygen atoms in total. The molecule has 1 aliphatic rings. The van der Waals surface area contributed by atoms with Gasteiger partial charge in [-0.1, -0.05) is 25.8 Å². The van der Waals surface area contributed by atoms with Crippen LogP contribution in [-0.2, 0) is 6.42 Å². The first-order chi connectivity index (χ1) is 9.10. The van der Waals surface area contributed by atoms with Crippen molar-refractivity contribution in [3.63, 3.8) is 0 Å². The molecule has 0 bridgehead atoms. The largest absolute Gasteiger partial charge is 0.271 e. The molecule has 0 radical (unpaired) electrons. The van der Waals surface area contributed by atoms with Crippen molar-refractivity contribution < 1.29 is 4.39 Å². The minimum atomic E-state index is -0.215. The normalized spacial score (nSPS) is 25.3. The van der Waals surface area contributed by atoms with Gasteiger partial charge in [-0.15, -0.1) is 0 Å². The molecule has 1 aliphatic carbocycles. The van der Waals surface area contributed by atoms with Gasteiger partial charge in [0.15, 0.2) is 0 Å². The predicted octanol–water partition coefficient (Wildman–Crippen LogP) is 3.79. The van der Waals surface area contributed by atoms with E-state index in [2.05, 4.69) is 28.3 Å². The van der Waals surface area contributed by atoms with E-state index in [1.807, 2.05) is 12.1 Å². The molecule has 0 spiro atoms. The van der Waals surface area contributed by atoms with Crippen molar-refractivity contribution in [3.8, 4) is 0 Å². The Morgan fingerprint density at radius 1 is 1.47 bits per heavy atom. The predicted molar refractivity (Wildman–Crippen MR) is 80.0 cm³/mol. The molecule has 0 aromatic heterocycles. The second kappa shape index (κ2) is 6.82. The van der Waals surface area contributed by atoms with Crippen molar-refractivity contribution in [2.45, 2.75) is 45.1 Å². The second-order valence-corrected chi connectivity index (χ2v) is 6.61. The van der Waals surface area contributed by atoms with Gasteiger partial charge in [0, 0.05) is 6.04 Å². The van der Waals surface area contributed by atoms with Crippen LogP contribution in [-0.4, -0.2) is 6.04 Å². The van der Waals surface area contributed by atoms with Gasteiger partial charge in [0.1, 0.15) is 5.82 Å². The Morgan fingerprint density at radius 3 is 2.89 bits per heavy atom. The lowest BCUT2D eigenvalue weighted by Gasteiger charge is -2.33. The summed E-state index contributed by atoms with van der Waals surface area (Å²) < 4.78 is 13.8. The number of nitrogens with two attached hydrogens (primary N) is 1. The number of hydrogen-bond donors (Lipinski definition) is 2. The van der Waals surface area contributed by atoms with Gasteiger partial charge < -0.3 is 0 Å². The van der Waals surface area contributed by atoms with E-state index in [-0.39, 0.29) is 11.9 Å². The lowest BCUT2D eigenvalue weighted by Crippen LogP contribution is -2.43. The average Bonchev–Trinajstić information content (AvgIpc) is 2.40. The summed E-state index contributed by atoms with van der Waals surface area (Å²) in [6.07, 6.45) is 5.94. The molecule has 0 aliphatic heterocycles. The van der Waals surface area contributed by atoms with Gasteiger partial charge in [-0.05, 0) is 64.7 Å². The molecule has 1 aromatic rings. The molecule has 1 aromatic carbocycles. The van der Waals surface area contributed by atoms with Gasteiger partial charge in [-0.3, -0.25) is 11.3 Å². The first kappa shape index (κ1) is 14.9. The molecule has 0 amide bonds.